The van der Waals surface area contributed by atoms with Crippen molar-refractivity contribution in [3.63, 3.8) is 0 Å². The zero-order valence-corrected chi connectivity index (χ0v) is 11.8. The summed E-state index contributed by atoms with van der Waals surface area (Å²) < 4.78 is 11.0. The molecule has 0 fully saturated rings. The van der Waals surface area contributed by atoms with Crippen LogP contribution < -0.4 is 15.2 Å². The molecule has 5 heteroatoms. The van der Waals surface area contributed by atoms with Gasteiger partial charge in [0, 0.05) is 10.6 Å². The highest BCUT2D eigenvalue weighted by atomic mass is 35.5. The molecule has 0 heterocycles. The van der Waals surface area contributed by atoms with Gasteiger partial charge >= 0.3 is 0 Å². The van der Waals surface area contributed by atoms with Crippen molar-refractivity contribution in [1.29, 1.82) is 5.41 Å². The van der Waals surface area contributed by atoms with Crippen molar-refractivity contribution in [3.05, 3.63) is 58.6 Å². The topological polar surface area (TPSA) is 68.3 Å². The molecule has 2 rings (SSSR count). The maximum atomic E-state index is 7.40. The van der Waals surface area contributed by atoms with Gasteiger partial charge in [-0.25, -0.2) is 0 Å². The van der Waals surface area contributed by atoms with E-state index in [1.807, 2.05) is 24.3 Å². The normalized spacial score (nSPS) is 10.1. The molecule has 20 heavy (non-hydrogen) atoms. The summed E-state index contributed by atoms with van der Waals surface area (Å²) in [6.45, 7) is 0.385. The van der Waals surface area contributed by atoms with E-state index in [2.05, 4.69) is 0 Å². The smallest absolute Gasteiger partial charge is 0.161 e. The van der Waals surface area contributed by atoms with Gasteiger partial charge in [-0.05, 0) is 35.9 Å². The van der Waals surface area contributed by atoms with Crippen LogP contribution in [0.1, 0.15) is 11.1 Å². The zero-order chi connectivity index (χ0) is 14.5. The number of nitrogens with two attached hydrogens (primary N) is 1. The minimum Gasteiger partial charge on any atom is -0.493 e. The van der Waals surface area contributed by atoms with Gasteiger partial charge in [0.15, 0.2) is 11.5 Å². The molecular weight excluding hydrogens is 276 g/mol. The molecule has 4 nitrogen and oxygen atoms in total. The van der Waals surface area contributed by atoms with E-state index in [0.29, 0.717) is 28.7 Å². The molecule has 2 aromatic rings. The van der Waals surface area contributed by atoms with E-state index in [1.165, 1.54) is 0 Å². The monoisotopic (exact) mass is 290 g/mol. The van der Waals surface area contributed by atoms with Crippen molar-refractivity contribution in [3.8, 4) is 11.5 Å². The summed E-state index contributed by atoms with van der Waals surface area (Å²) in [5.41, 5.74) is 7.00. The number of benzene rings is 2. The van der Waals surface area contributed by atoms with Crippen molar-refractivity contribution in [1.82, 2.24) is 0 Å². The summed E-state index contributed by atoms with van der Waals surface area (Å²) in [6.07, 6.45) is 0. The number of hydrogen-bond acceptors (Lipinski definition) is 3. The molecule has 0 radical (unpaired) electrons. The lowest BCUT2D eigenvalue weighted by molar-refractivity contribution is 0.284. The number of methoxy groups -OCH3 is 1. The first-order valence-corrected chi connectivity index (χ1v) is 6.37. The van der Waals surface area contributed by atoms with Gasteiger partial charge in [0.25, 0.3) is 0 Å². The lowest BCUT2D eigenvalue weighted by atomic mass is 10.2. The molecular formula is C15H15ClN2O2. The van der Waals surface area contributed by atoms with Gasteiger partial charge in [-0.1, -0.05) is 23.7 Å². The second-order valence-corrected chi connectivity index (χ2v) is 4.63. The van der Waals surface area contributed by atoms with Crippen LogP contribution in [0.5, 0.6) is 11.5 Å². The zero-order valence-electron chi connectivity index (χ0n) is 11.0. The van der Waals surface area contributed by atoms with Crippen LogP contribution in [0.15, 0.2) is 42.5 Å². The number of amidine groups is 1. The quantitative estimate of drug-likeness (QED) is 0.656. The van der Waals surface area contributed by atoms with Crippen molar-refractivity contribution in [2.24, 2.45) is 5.73 Å². The minimum absolute atomic E-state index is 0.00955. The summed E-state index contributed by atoms with van der Waals surface area (Å²) in [7, 11) is 1.55. The van der Waals surface area contributed by atoms with Gasteiger partial charge in [-0.3, -0.25) is 5.41 Å². The molecule has 104 valence electrons. The standard InChI is InChI=1S/C15H15ClN2O2/c1-19-14-8-11(15(17)18)5-6-13(14)20-9-10-3-2-4-12(16)7-10/h2-8H,9H2,1H3,(H3,17,18). The fourth-order valence-electron chi connectivity index (χ4n) is 1.74. The summed E-state index contributed by atoms with van der Waals surface area (Å²) in [4.78, 5) is 0. The third kappa shape index (κ3) is 3.42. The molecule has 3 N–H and O–H groups in total. The molecule has 0 saturated carbocycles. The van der Waals surface area contributed by atoms with Crippen LogP contribution in [0.2, 0.25) is 5.02 Å². The van der Waals surface area contributed by atoms with Gasteiger partial charge in [-0.2, -0.15) is 0 Å². The van der Waals surface area contributed by atoms with E-state index in [4.69, 9.17) is 32.2 Å². The van der Waals surface area contributed by atoms with Crippen LogP contribution in [0, 0.1) is 5.41 Å². The highest BCUT2D eigenvalue weighted by Gasteiger charge is 2.07. The molecule has 0 amide bonds. The number of hydrogen-bond donors (Lipinski definition) is 2. The second-order valence-electron chi connectivity index (χ2n) is 4.20. The average Bonchev–Trinajstić information content (AvgIpc) is 2.45. The number of nitrogens with one attached hydrogen (secondary N) is 1. The van der Waals surface area contributed by atoms with E-state index in [0.717, 1.165) is 5.56 Å². The fraction of sp³-hybridized carbons (Fsp3) is 0.133. The fourth-order valence-corrected chi connectivity index (χ4v) is 1.96. The van der Waals surface area contributed by atoms with Crippen LogP contribution in [0.3, 0.4) is 0 Å². The summed E-state index contributed by atoms with van der Waals surface area (Å²) in [5.74, 6) is 1.13. The van der Waals surface area contributed by atoms with E-state index in [-0.39, 0.29) is 5.84 Å². The Kier molecular flexibility index (Phi) is 4.48. The van der Waals surface area contributed by atoms with E-state index >= 15 is 0 Å². The van der Waals surface area contributed by atoms with Crippen LogP contribution in [-0.2, 0) is 6.61 Å². The Hall–Kier alpha value is -2.20. The van der Waals surface area contributed by atoms with Crippen molar-refractivity contribution >= 4 is 17.4 Å². The average molecular weight is 291 g/mol. The third-order valence-electron chi connectivity index (χ3n) is 2.76. The Morgan fingerprint density at radius 2 is 2.00 bits per heavy atom. The first-order chi connectivity index (χ1) is 9.60. The van der Waals surface area contributed by atoms with Crippen molar-refractivity contribution in [2.75, 3.05) is 7.11 Å². The number of rotatable bonds is 5. The predicted octanol–water partition coefficient (Wildman–Crippen LogP) is 3.21. The maximum Gasteiger partial charge on any atom is 0.161 e. The van der Waals surface area contributed by atoms with E-state index < -0.39 is 0 Å². The first-order valence-electron chi connectivity index (χ1n) is 6.00. The molecule has 0 spiro atoms. The number of nitrogen functional groups attached to an aromatic ring is 1. The molecule has 0 unspecified atom stereocenters. The summed E-state index contributed by atoms with van der Waals surface area (Å²) in [6, 6.07) is 12.6. The third-order valence-corrected chi connectivity index (χ3v) is 2.99. The molecule has 0 aliphatic rings. The van der Waals surface area contributed by atoms with Crippen molar-refractivity contribution < 1.29 is 9.47 Å². The molecule has 0 atom stereocenters. The van der Waals surface area contributed by atoms with Gasteiger partial charge in [0.05, 0.1) is 7.11 Å². The Labute approximate surface area is 122 Å². The van der Waals surface area contributed by atoms with Crippen LogP contribution in [-0.4, -0.2) is 12.9 Å². The number of halogens is 1. The van der Waals surface area contributed by atoms with E-state index in [1.54, 1.807) is 25.3 Å². The van der Waals surface area contributed by atoms with E-state index in [9.17, 15) is 0 Å². The second kappa shape index (κ2) is 6.30. The van der Waals surface area contributed by atoms with Gasteiger partial charge < -0.3 is 15.2 Å². The Morgan fingerprint density at radius 1 is 1.20 bits per heavy atom. The highest BCUT2D eigenvalue weighted by Crippen LogP contribution is 2.28. The van der Waals surface area contributed by atoms with Crippen molar-refractivity contribution in [2.45, 2.75) is 6.61 Å². The minimum atomic E-state index is -0.00955. The largest absolute Gasteiger partial charge is 0.493 e. The molecule has 0 aliphatic heterocycles. The first kappa shape index (κ1) is 14.2. The van der Waals surface area contributed by atoms with Crippen LogP contribution in [0.25, 0.3) is 0 Å². The lowest BCUT2D eigenvalue weighted by Gasteiger charge is -2.12. The SMILES string of the molecule is COc1cc(C(=N)N)ccc1OCc1cccc(Cl)c1. The molecule has 0 saturated heterocycles. The Balaban J connectivity index is 2.15. The molecule has 0 bridgehead atoms. The van der Waals surface area contributed by atoms with Crippen LogP contribution >= 0.6 is 11.6 Å². The molecule has 2 aromatic carbocycles. The summed E-state index contributed by atoms with van der Waals surface area (Å²) >= 11 is 5.92. The van der Waals surface area contributed by atoms with Crippen LogP contribution in [0.4, 0.5) is 0 Å². The maximum absolute atomic E-state index is 7.40. The molecule has 0 aromatic heterocycles. The Bertz CT molecular complexity index is 629. The Morgan fingerprint density at radius 3 is 2.65 bits per heavy atom. The predicted molar refractivity (Wildman–Crippen MR) is 79.8 cm³/mol. The highest BCUT2D eigenvalue weighted by molar-refractivity contribution is 6.30. The molecule has 0 aliphatic carbocycles. The van der Waals surface area contributed by atoms with Gasteiger partial charge in [0.1, 0.15) is 12.4 Å². The van der Waals surface area contributed by atoms with Gasteiger partial charge in [-0.15, -0.1) is 0 Å². The van der Waals surface area contributed by atoms with Gasteiger partial charge in [0.2, 0.25) is 0 Å². The lowest BCUT2D eigenvalue weighted by Crippen LogP contribution is -2.11. The number of ether oxygens (including phenoxy) is 2. The summed E-state index contributed by atoms with van der Waals surface area (Å²) in [5, 5.41) is 8.08.